The molecule has 0 spiro atoms. The molecule has 2 rings (SSSR count). The number of pyridine rings is 1. The van der Waals surface area contributed by atoms with Crippen LogP contribution in [0.2, 0.25) is 0 Å². The molecule has 0 saturated carbocycles. The van der Waals surface area contributed by atoms with Crippen LogP contribution in [-0.4, -0.2) is 9.49 Å². The summed E-state index contributed by atoms with van der Waals surface area (Å²) in [5.74, 6) is -1.22. The number of nitro groups is 1. The molecule has 12 heteroatoms. The molecule has 0 fully saturated rings. The number of rotatable bonds is 3. The van der Waals surface area contributed by atoms with Crippen LogP contribution in [0.1, 0.15) is 16.7 Å². The fraction of sp³-hybridized carbons (Fsp3) is 0.214. The van der Waals surface area contributed by atoms with E-state index in [1.54, 1.807) is 0 Å². The van der Waals surface area contributed by atoms with Crippen molar-refractivity contribution < 1.29 is 35.7 Å². The van der Waals surface area contributed by atoms with Gasteiger partial charge in [-0.15, -0.1) is 0 Å². The summed E-state index contributed by atoms with van der Waals surface area (Å²) >= 11 is 0. The molecule has 1 aromatic carbocycles. The zero-order valence-corrected chi connectivity index (χ0v) is 12.4. The Morgan fingerprint density at radius 1 is 1.00 bits per heavy atom. The van der Waals surface area contributed by atoms with Crippen molar-refractivity contribution in [2.45, 2.75) is 18.9 Å². The van der Waals surface area contributed by atoms with E-state index in [0.717, 1.165) is 0 Å². The van der Waals surface area contributed by atoms with E-state index < -0.39 is 57.6 Å². The number of alkyl halides is 6. The summed E-state index contributed by atoms with van der Waals surface area (Å²) in [4.78, 5) is 21.3. The Kier molecular flexibility index (Phi) is 4.79. The van der Waals surface area contributed by atoms with Crippen LogP contribution in [0.3, 0.4) is 0 Å². The number of hydrogen-bond donors (Lipinski definition) is 0. The topological polar surface area (TPSA) is 65.1 Å². The van der Waals surface area contributed by atoms with E-state index in [9.17, 15) is 45.6 Å². The van der Waals surface area contributed by atoms with Gasteiger partial charge in [0, 0.05) is 17.8 Å². The molecular formula is C14H7F7N2O3. The number of aromatic nitrogens is 1. The van der Waals surface area contributed by atoms with E-state index in [-0.39, 0.29) is 16.8 Å². The average Bonchev–Trinajstić information content (AvgIpc) is 2.48. The summed E-state index contributed by atoms with van der Waals surface area (Å²) in [5.41, 5.74) is -6.57. The standard InChI is InChI=1S/C14H7F7N2O3/c15-10-2-1-8(13(16,17)18)3-7(10)5-22-6-9(14(19,20)21)4-11(12(22)24)23(25)26/h1-4,6H,5H2. The summed E-state index contributed by atoms with van der Waals surface area (Å²) < 4.78 is 90.4. The van der Waals surface area contributed by atoms with E-state index in [0.29, 0.717) is 18.2 Å². The van der Waals surface area contributed by atoms with Crippen molar-refractivity contribution in [2.24, 2.45) is 0 Å². The molecule has 2 aromatic rings. The Morgan fingerprint density at radius 2 is 1.58 bits per heavy atom. The molecule has 140 valence electrons. The predicted octanol–water partition coefficient (Wildman–Crippen LogP) is 3.98. The lowest BCUT2D eigenvalue weighted by Gasteiger charge is -2.13. The van der Waals surface area contributed by atoms with Crippen LogP contribution in [0.15, 0.2) is 35.3 Å². The molecule has 0 N–H and O–H groups in total. The lowest BCUT2D eigenvalue weighted by atomic mass is 10.1. The normalized spacial score (nSPS) is 12.3. The minimum absolute atomic E-state index is 0.00132. The maximum atomic E-state index is 13.7. The number of halogens is 7. The van der Waals surface area contributed by atoms with Gasteiger partial charge in [-0.05, 0) is 18.2 Å². The van der Waals surface area contributed by atoms with Gasteiger partial charge in [0.25, 0.3) is 0 Å². The molecular weight excluding hydrogens is 377 g/mol. The highest BCUT2D eigenvalue weighted by atomic mass is 19.4. The van der Waals surface area contributed by atoms with Gasteiger partial charge in [0.1, 0.15) is 5.82 Å². The predicted molar refractivity (Wildman–Crippen MR) is 72.9 cm³/mol. The minimum Gasteiger partial charge on any atom is -0.304 e. The Bertz CT molecular complexity index is 916. The molecule has 0 aliphatic rings. The first kappa shape index (κ1) is 19.4. The molecule has 5 nitrogen and oxygen atoms in total. The third-order valence-corrected chi connectivity index (χ3v) is 3.30. The second-order valence-corrected chi connectivity index (χ2v) is 5.11. The van der Waals surface area contributed by atoms with Crippen molar-refractivity contribution in [1.29, 1.82) is 0 Å². The molecule has 0 amide bonds. The second-order valence-electron chi connectivity index (χ2n) is 5.11. The highest BCUT2D eigenvalue weighted by Crippen LogP contribution is 2.32. The molecule has 0 unspecified atom stereocenters. The van der Waals surface area contributed by atoms with Gasteiger partial charge in [-0.1, -0.05) is 0 Å². The second kappa shape index (κ2) is 6.42. The van der Waals surface area contributed by atoms with E-state index >= 15 is 0 Å². The van der Waals surface area contributed by atoms with Crippen LogP contribution in [0.25, 0.3) is 0 Å². The third kappa shape index (κ3) is 4.00. The lowest BCUT2D eigenvalue weighted by Crippen LogP contribution is -2.25. The van der Waals surface area contributed by atoms with Crippen molar-refractivity contribution in [3.8, 4) is 0 Å². The SMILES string of the molecule is O=c1c([N+](=O)[O-])cc(C(F)(F)F)cn1Cc1cc(C(F)(F)F)ccc1F. The Labute approximate surface area is 139 Å². The first-order chi connectivity index (χ1) is 11.8. The highest BCUT2D eigenvalue weighted by Gasteiger charge is 2.35. The largest absolute Gasteiger partial charge is 0.418 e. The zero-order valence-electron chi connectivity index (χ0n) is 12.4. The molecule has 0 aliphatic carbocycles. The minimum atomic E-state index is -5.06. The van der Waals surface area contributed by atoms with Crippen molar-refractivity contribution in [3.63, 3.8) is 0 Å². The summed E-state index contributed by atoms with van der Waals surface area (Å²) in [6.07, 6.45) is -9.74. The van der Waals surface area contributed by atoms with E-state index in [4.69, 9.17) is 0 Å². The van der Waals surface area contributed by atoms with Crippen LogP contribution in [0.5, 0.6) is 0 Å². The fourth-order valence-corrected chi connectivity index (χ4v) is 2.08. The maximum Gasteiger partial charge on any atom is 0.418 e. The number of hydrogen-bond acceptors (Lipinski definition) is 3. The third-order valence-electron chi connectivity index (χ3n) is 3.30. The molecule has 0 atom stereocenters. The van der Waals surface area contributed by atoms with Crippen molar-refractivity contribution in [1.82, 2.24) is 4.57 Å². The molecule has 0 aliphatic heterocycles. The summed E-state index contributed by atoms with van der Waals surface area (Å²) in [5, 5.41) is 10.8. The molecule has 0 bridgehead atoms. The fourth-order valence-electron chi connectivity index (χ4n) is 2.08. The van der Waals surface area contributed by atoms with Crippen LogP contribution in [0.4, 0.5) is 36.4 Å². The van der Waals surface area contributed by atoms with Gasteiger partial charge in [-0.2, -0.15) is 26.3 Å². The van der Waals surface area contributed by atoms with Gasteiger partial charge in [-0.25, -0.2) is 4.39 Å². The maximum absolute atomic E-state index is 13.7. The average molecular weight is 384 g/mol. The highest BCUT2D eigenvalue weighted by molar-refractivity contribution is 5.34. The zero-order chi connectivity index (χ0) is 19.9. The smallest absolute Gasteiger partial charge is 0.304 e. The molecule has 0 saturated heterocycles. The number of benzene rings is 1. The molecule has 1 heterocycles. The Morgan fingerprint density at radius 3 is 2.08 bits per heavy atom. The first-order valence-electron chi connectivity index (χ1n) is 6.62. The van der Waals surface area contributed by atoms with Crippen molar-refractivity contribution in [2.75, 3.05) is 0 Å². The summed E-state index contributed by atoms with van der Waals surface area (Å²) in [6.45, 7) is -1.06. The van der Waals surface area contributed by atoms with Crippen LogP contribution >= 0.6 is 0 Å². The van der Waals surface area contributed by atoms with E-state index in [1.807, 2.05) is 0 Å². The van der Waals surface area contributed by atoms with E-state index in [2.05, 4.69) is 0 Å². The van der Waals surface area contributed by atoms with Crippen LogP contribution < -0.4 is 5.56 Å². The van der Waals surface area contributed by atoms with Gasteiger partial charge in [-0.3, -0.25) is 14.9 Å². The van der Waals surface area contributed by atoms with Crippen molar-refractivity contribution in [3.05, 3.63) is 73.4 Å². The quantitative estimate of drug-likeness (QED) is 0.457. The van der Waals surface area contributed by atoms with Gasteiger partial charge < -0.3 is 4.57 Å². The molecule has 0 radical (unpaired) electrons. The lowest BCUT2D eigenvalue weighted by molar-refractivity contribution is -0.386. The van der Waals surface area contributed by atoms with Crippen LogP contribution in [-0.2, 0) is 18.9 Å². The van der Waals surface area contributed by atoms with Gasteiger partial charge in [0.05, 0.1) is 22.6 Å². The van der Waals surface area contributed by atoms with Gasteiger partial charge in [0.2, 0.25) is 0 Å². The molecule has 1 aromatic heterocycles. The van der Waals surface area contributed by atoms with Gasteiger partial charge in [0.15, 0.2) is 0 Å². The van der Waals surface area contributed by atoms with E-state index in [1.165, 1.54) is 0 Å². The summed E-state index contributed by atoms with van der Waals surface area (Å²) in [7, 11) is 0. The molecule has 26 heavy (non-hydrogen) atoms. The first-order valence-corrected chi connectivity index (χ1v) is 6.62. The number of nitrogens with zero attached hydrogens (tertiary/aromatic N) is 2. The monoisotopic (exact) mass is 384 g/mol. The van der Waals surface area contributed by atoms with Crippen molar-refractivity contribution >= 4 is 5.69 Å². The Hall–Kier alpha value is -2.92. The van der Waals surface area contributed by atoms with Gasteiger partial charge >= 0.3 is 23.6 Å². The van der Waals surface area contributed by atoms with Crippen LogP contribution in [0, 0.1) is 15.9 Å². The summed E-state index contributed by atoms with van der Waals surface area (Å²) in [6, 6.07) is 1.16. The Balaban J connectivity index is 2.62.